The molecule has 0 aromatic heterocycles. The zero-order chi connectivity index (χ0) is 22.7. The molecule has 2 heterocycles. The summed E-state index contributed by atoms with van der Waals surface area (Å²) >= 11 is 6.18. The number of piperidine rings is 1. The van der Waals surface area contributed by atoms with Crippen LogP contribution in [0.15, 0.2) is 48.5 Å². The van der Waals surface area contributed by atoms with E-state index in [1.54, 1.807) is 12.1 Å². The predicted molar refractivity (Wildman–Crippen MR) is 125 cm³/mol. The maximum atomic E-state index is 13.3. The van der Waals surface area contributed by atoms with E-state index in [4.69, 9.17) is 11.6 Å². The highest BCUT2D eigenvalue weighted by Crippen LogP contribution is 2.33. The van der Waals surface area contributed by atoms with Gasteiger partial charge in [0, 0.05) is 18.1 Å². The molecular formula is C24H27ClN4O3. The van der Waals surface area contributed by atoms with E-state index in [-0.39, 0.29) is 6.54 Å². The first-order valence-corrected chi connectivity index (χ1v) is 11.4. The number of amides is 4. The second kappa shape index (κ2) is 9.20. The lowest BCUT2D eigenvalue weighted by Gasteiger charge is -2.30. The molecule has 7 nitrogen and oxygen atoms in total. The molecule has 0 bridgehead atoms. The van der Waals surface area contributed by atoms with Crippen molar-refractivity contribution in [1.82, 2.24) is 10.2 Å². The van der Waals surface area contributed by atoms with Crippen molar-refractivity contribution in [1.29, 1.82) is 0 Å². The largest absolute Gasteiger partial charge is 0.370 e. The smallest absolute Gasteiger partial charge is 0.325 e. The van der Waals surface area contributed by atoms with Gasteiger partial charge in [0.1, 0.15) is 12.1 Å². The minimum absolute atomic E-state index is 0.370. The van der Waals surface area contributed by atoms with Crippen LogP contribution in [0.3, 0.4) is 0 Å². The van der Waals surface area contributed by atoms with Crippen molar-refractivity contribution in [2.45, 2.75) is 38.1 Å². The van der Waals surface area contributed by atoms with Gasteiger partial charge in [-0.3, -0.25) is 14.5 Å². The normalized spacial score (nSPS) is 20.9. The van der Waals surface area contributed by atoms with E-state index in [9.17, 15) is 14.4 Å². The number of benzene rings is 2. The Balaban J connectivity index is 1.52. The third-order valence-corrected chi connectivity index (χ3v) is 6.44. The number of carbonyl (C=O) groups is 3. The maximum Gasteiger partial charge on any atom is 0.325 e. The molecule has 2 aliphatic rings. The number of anilines is 2. The number of nitrogens with one attached hydrogen (secondary N) is 2. The number of urea groups is 1. The molecule has 2 fully saturated rings. The molecule has 2 aromatic rings. The summed E-state index contributed by atoms with van der Waals surface area (Å²) in [5.41, 5.74) is 1.02. The summed E-state index contributed by atoms with van der Waals surface area (Å²) in [6.45, 7) is 3.29. The summed E-state index contributed by atoms with van der Waals surface area (Å²) in [4.78, 5) is 42.0. The van der Waals surface area contributed by atoms with Crippen LogP contribution >= 0.6 is 11.6 Å². The number of rotatable bonds is 6. The second-order valence-corrected chi connectivity index (χ2v) is 8.64. The van der Waals surface area contributed by atoms with Gasteiger partial charge in [0.25, 0.3) is 5.91 Å². The topological polar surface area (TPSA) is 81.8 Å². The Hall–Kier alpha value is -3.06. The molecule has 2 N–H and O–H groups in total. The SMILES string of the molecule is CCC1(c2ccccc2)NC(=O)N(CC(=O)Nc2cc(Cl)ccc2N2CCCCC2)C1=O. The van der Waals surface area contributed by atoms with Gasteiger partial charge < -0.3 is 15.5 Å². The average molecular weight is 455 g/mol. The van der Waals surface area contributed by atoms with Crippen molar-refractivity contribution < 1.29 is 14.4 Å². The summed E-state index contributed by atoms with van der Waals surface area (Å²) in [5.74, 6) is -0.873. The Kier molecular flexibility index (Phi) is 6.37. The molecule has 4 amide bonds. The van der Waals surface area contributed by atoms with E-state index in [1.807, 2.05) is 43.3 Å². The van der Waals surface area contributed by atoms with Gasteiger partial charge in [-0.1, -0.05) is 48.9 Å². The summed E-state index contributed by atoms with van der Waals surface area (Å²) in [6, 6.07) is 13.9. The number of carbonyl (C=O) groups excluding carboxylic acids is 3. The molecule has 2 aliphatic heterocycles. The first-order valence-electron chi connectivity index (χ1n) is 11.0. The van der Waals surface area contributed by atoms with Crippen LogP contribution in [0.1, 0.15) is 38.2 Å². The van der Waals surface area contributed by atoms with Crippen LogP contribution in [0, 0.1) is 0 Å². The lowest BCUT2D eigenvalue weighted by Crippen LogP contribution is -2.44. The molecule has 0 aliphatic carbocycles. The van der Waals surface area contributed by atoms with Crippen LogP contribution in [0.25, 0.3) is 0 Å². The van der Waals surface area contributed by atoms with Crippen molar-refractivity contribution in [3.05, 3.63) is 59.1 Å². The number of hydrogen-bond donors (Lipinski definition) is 2. The van der Waals surface area contributed by atoms with Crippen molar-refractivity contribution in [3.8, 4) is 0 Å². The van der Waals surface area contributed by atoms with Crippen LogP contribution in [0.5, 0.6) is 0 Å². The third kappa shape index (κ3) is 4.17. The predicted octanol–water partition coefficient (Wildman–Crippen LogP) is 4.13. The first kappa shape index (κ1) is 22.1. The molecule has 8 heteroatoms. The van der Waals surface area contributed by atoms with Gasteiger partial charge in [-0.2, -0.15) is 0 Å². The van der Waals surface area contributed by atoms with Crippen molar-refractivity contribution >= 4 is 40.8 Å². The van der Waals surface area contributed by atoms with Gasteiger partial charge in [0.2, 0.25) is 5.91 Å². The Bertz CT molecular complexity index is 1020. The van der Waals surface area contributed by atoms with Crippen LogP contribution in [-0.2, 0) is 15.1 Å². The minimum atomic E-state index is -1.16. The summed E-state index contributed by atoms with van der Waals surface area (Å²) in [7, 11) is 0. The quantitative estimate of drug-likeness (QED) is 0.643. The number of halogens is 1. The van der Waals surface area contributed by atoms with Crippen molar-refractivity contribution in [3.63, 3.8) is 0 Å². The van der Waals surface area contributed by atoms with Crippen molar-refractivity contribution in [2.24, 2.45) is 0 Å². The molecule has 32 heavy (non-hydrogen) atoms. The fourth-order valence-electron chi connectivity index (χ4n) is 4.48. The molecule has 1 atom stereocenters. The highest BCUT2D eigenvalue weighted by molar-refractivity contribution is 6.31. The highest BCUT2D eigenvalue weighted by Gasteiger charge is 2.51. The Labute approximate surface area is 192 Å². The molecule has 2 aromatic carbocycles. The first-order chi connectivity index (χ1) is 15.4. The van der Waals surface area contributed by atoms with Gasteiger partial charge >= 0.3 is 6.03 Å². The van der Waals surface area contributed by atoms with Gasteiger partial charge in [-0.05, 0) is 49.4 Å². The third-order valence-electron chi connectivity index (χ3n) is 6.20. The van der Waals surface area contributed by atoms with Crippen LogP contribution in [0.4, 0.5) is 16.2 Å². The van der Waals surface area contributed by atoms with Crippen LogP contribution in [0.2, 0.25) is 5.02 Å². The molecule has 0 spiro atoms. The molecular weight excluding hydrogens is 428 g/mol. The van der Waals surface area contributed by atoms with E-state index in [0.29, 0.717) is 22.7 Å². The lowest BCUT2D eigenvalue weighted by atomic mass is 9.87. The number of hydrogen-bond acceptors (Lipinski definition) is 4. The molecule has 2 saturated heterocycles. The van der Waals surface area contributed by atoms with E-state index >= 15 is 0 Å². The van der Waals surface area contributed by atoms with E-state index in [0.717, 1.165) is 36.5 Å². The van der Waals surface area contributed by atoms with Gasteiger partial charge in [-0.25, -0.2) is 4.79 Å². The molecule has 0 radical (unpaired) electrons. The van der Waals surface area contributed by atoms with E-state index in [1.165, 1.54) is 6.42 Å². The Morgan fingerprint density at radius 1 is 1.09 bits per heavy atom. The zero-order valence-corrected chi connectivity index (χ0v) is 18.8. The van der Waals surface area contributed by atoms with Crippen LogP contribution in [-0.4, -0.2) is 42.4 Å². The van der Waals surface area contributed by atoms with Crippen molar-refractivity contribution in [2.75, 3.05) is 29.9 Å². The molecule has 1 unspecified atom stereocenters. The zero-order valence-electron chi connectivity index (χ0n) is 18.1. The monoisotopic (exact) mass is 454 g/mol. The maximum absolute atomic E-state index is 13.3. The van der Waals surface area contributed by atoms with Gasteiger partial charge in [0.05, 0.1) is 11.4 Å². The summed E-state index contributed by atoms with van der Waals surface area (Å²) < 4.78 is 0. The Morgan fingerprint density at radius 2 is 1.81 bits per heavy atom. The minimum Gasteiger partial charge on any atom is -0.370 e. The summed E-state index contributed by atoms with van der Waals surface area (Å²) in [6.07, 6.45) is 3.76. The standard InChI is InChI=1S/C24H27ClN4O3/c1-2-24(17-9-5-3-6-10-17)22(31)29(23(32)27-24)16-21(30)26-19-15-18(25)11-12-20(19)28-13-7-4-8-14-28/h3,5-6,9-12,15H,2,4,7-8,13-14,16H2,1H3,(H,26,30)(H,27,32). The summed E-state index contributed by atoms with van der Waals surface area (Å²) in [5, 5.41) is 6.17. The fraction of sp³-hybridized carbons (Fsp3) is 0.375. The highest BCUT2D eigenvalue weighted by atomic mass is 35.5. The average Bonchev–Trinajstić information content (AvgIpc) is 3.05. The molecule has 0 saturated carbocycles. The second-order valence-electron chi connectivity index (χ2n) is 8.20. The van der Waals surface area contributed by atoms with E-state index in [2.05, 4.69) is 15.5 Å². The lowest BCUT2D eigenvalue weighted by molar-refractivity contribution is -0.134. The Morgan fingerprint density at radius 3 is 2.50 bits per heavy atom. The van der Waals surface area contributed by atoms with Crippen LogP contribution < -0.4 is 15.5 Å². The number of imide groups is 1. The van der Waals surface area contributed by atoms with E-state index < -0.39 is 23.4 Å². The van der Waals surface area contributed by atoms with Gasteiger partial charge in [-0.15, -0.1) is 0 Å². The molecule has 168 valence electrons. The molecule has 4 rings (SSSR count). The van der Waals surface area contributed by atoms with Gasteiger partial charge in [0.15, 0.2) is 0 Å². The fourth-order valence-corrected chi connectivity index (χ4v) is 4.66. The number of nitrogens with zero attached hydrogens (tertiary/aromatic N) is 2.